The molecule has 7 nitrogen and oxygen atoms in total. The second kappa shape index (κ2) is 12.3. The summed E-state index contributed by atoms with van der Waals surface area (Å²) < 4.78 is 40.9. The zero-order valence-electron chi connectivity index (χ0n) is 20.8. The maximum absolute atomic E-state index is 14.5. The highest BCUT2D eigenvalue weighted by Gasteiger charge is 2.13. The molecule has 0 amide bonds. The van der Waals surface area contributed by atoms with Crippen LogP contribution in [-0.2, 0) is 0 Å². The molecular formula is C28H28FNO6. The third-order valence-corrected chi connectivity index (χ3v) is 5.31. The molecule has 0 saturated heterocycles. The Morgan fingerprint density at radius 1 is 0.778 bits per heavy atom. The van der Waals surface area contributed by atoms with Crippen molar-refractivity contribution < 1.29 is 32.9 Å². The van der Waals surface area contributed by atoms with E-state index in [1.165, 1.54) is 52.8 Å². The lowest BCUT2D eigenvalue weighted by Crippen LogP contribution is -1.99. The summed E-state index contributed by atoms with van der Waals surface area (Å²) >= 11 is 0. The van der Waals surface area contributed by atoms with E-state index in [0.29, 0.717) is 39.8 Å². The smallest absolute Gasteiger partial charge is 0.203 e. The number of methoxy groups -OCH3 is 5. The Kier molecular flexibility index (Phi) is 8.94. The van der Waals surface area contributed by atoms with Gasteiger partial charge in [-0.2, -0.15) is 0 Å². The largest absolute Gasteiger partial charge is 0.497 e. The number of hydrogen-bond acceptors (Lipinski definition) is 7. The average Bonchev–Trinajstić information content (AvgIpc) is 2.91. The number of carbonyl (C=O) groups is 1. The molecule has 0 radical (unpaired) electrons. The van der Waals surface area contributed by atoms with Gasteiger partial charge in [-0.1, -0.05) is 12.2 Å². The third-order valence-electron chi connectivity index (χ3n) is 5.31. The lowest BCUT2D eigenvalue weighted by Gasteiger charge is -2.13. The standard InChI is InChI=1S/C28H28FNO6/c1-32-21-10-8-19(9-11-21)24(31)12-13-30-23-17-25(33-2)22(29)16-20(23)7-6-18-14-26(34-3)28(36-5)27(15-18)35-4/h6-17,30H,1-5H3/b7-6-,13-12-. The first kappa shape index (κ1) is 26.2. The molecule has 36 heavy (non-hydrogen) atoms. The zero-order valence-corrected chi connectivity index (χ0v) is 20.8. The first-order valence-corrected chi connectivity index (χ1v) is 10.9. The maximum Gasteiger partial charge on any atom is 0.203 e. The van der Waals surface area contributed by atoms with Gasteiger partial charge < -0.3 is 29.0 Å². The van der Waals surface area contributed by atoms with Gasteiger partial charge >= 0.3 is 0 Å². The molecule has 3 rings (SSSR count). The van der Waals surface area contributed by atoms with Crippen molar-refractivity contribution in [1.29, 1.82) is 0 Å². The number of nitrogens with one attached hydrogen (secondary N) is 1. The van der Waals surface area contributed by atoms with E-state index in [1.54, 1.807) is 55.7 Å². The third kappa shape index (κ3) is 6.15. The van der Waals surface area contributed by atoms with Gasteiger partial charge in [0.25, 0.3) is 0 Å². The number of ether oxygens (including phenoxy) is 5. The topological polar surface area (TPSA) is 75.3 Å². The second-order valence-corrected chi connectivity index (χ2v) is 7.44. The summed E-state index contributed by atoms with van der Waals surface area (Å²) in [7, 11) is 7.54. The summed E-state index contributed by atoms with van der Waals surface area (Å²) in [5, 5.41) is 3.04. The number of allylic oxidation sites excluding steroid dienone is 1. The Morgan fingerprint density at radius 3 is 1.97 bits per heavy atom. The Bertz CT molecular complexity index is 1240. The highest BCUT2D eigenvalue weighted by atomic mass is 19.1. The van der Waals surface area contributed by atoms with Crippen molar-refractivity contribution in [3.63, 3.8) is 0 Å². The Morgan fingerprint density at radius 2 is 1.42 bits per heavy atom. The molecular weight excluding hydrogens is 465 g/mol. The minimum atomic E-state index is -0.522. The van der Waals surface area contributed by atoms with Crippen molar-refractivity contribution in [1.82, 2.24) is 0 Å². The normalized spacial score (nSPS) is 10.9. The van der Waals surface area contributed by atoms with Crippen LogP contribution in [0.1, 0.15) is 21.5 Å². The molecule has 0 unspecified atom stereocenters. The van der Waals surface area contributed by atoms with E-state index in [4.69, 9.17) is 23.7 Å². The van der Waals surface area contributed by atoms with Gasteiger partial charge in [0.1, 0.15) is 5.75 Å². The van der Waals surface area contributed by atoms with Crippen LogP contribution in [0.3, 0.4) is 0 Å². The van der Waals surface area contributed by atoms with Crippen LogP contribution in [0, 0.1) is 5.82 Å². The van der Waals surface area contributed by atoms with Gasteiger partial charge in [0, 0.05) is 35.2 Å². The second-order valence-electron chi connectivity index (χ2n) is 7.44. The summed E-state index contributed by atoms with van der Waals surface area (Å²) in [6, 6.07) is 13.2. The van der Waals surface area contributed by atoms with Crippen molar-refractivity contribution in [2.24, 2.45) is 0 Å². The van der Waals surface area contributed by atoms with Gasteiger partial charge in [0.15, 0.2) is 28.8 Å². The molecule has 0 atom stereocenters. The van der Waals surface area contributed by atoms with Crippen LogP contribution in [0.25, 0.3) is 12.2 Å². The van der Waals surface area contributed by atoms with Crippen LogP contribution in [0.15, 0.2) is 60.8 Å². The molecule has 0 fully saturated rings. The number of anilines is 1. The maximum atomic E-state index is 14.5. The molecule has 0 spiro atoms. The molecule has 3 aromatic rings. The fourth-order valence-electron chi connectivity index (χ4n) is 3.43. The number of ketones is 1. The predicted molar refractivity (Wildman–Crippen MR) is 138 cm³/mol. The van der Waals surface area contributed by atoms with E-state index in [-0.39, 0.29) is 11.5 Å². The summed E-state index contributed by atoms with van der Waals surface area (Å²) in [5.41, 5.74) is 2.32. The minimum Gasteiger partial charge on any atom is -0.497 e. The number of benzene rings is 3. The predicted octanol–water partition coefficient (Wildman–Crippen LogP) is 5.85. The Hall–Kier alpha value is -4.46. The molecule has 0 aliphatic heterocycles. The fourth-order valence-corrected chi connectivity index (χ4v) is 3.43. The van der Waals surface area contributed by atoms with E-state index in [0.717, 1.165) is 5.56 Å². The first-order chi connectivity index (χ1) is 17.4. The molecule has 0 aliphatic rings. The molecule has 8 heteroatoms. The molecule has 0 saturated carbocycles. The van der Waals surface area contributed by atoms with E-state index >= 15 is 0 Å². The van der Waals surface area contributed by atoms with Gasteiger partial charge in [0.2, 0.25) is 5.75 Å². The van der Waals surface area contributed by atoms with Gasteiger partial charge in [-0.15, -0.1) is 0 Å². The summed E-state index contributed by atoms with van der Waals surface area (Å²) in [6.07, 6.45) is 6.40. The Labute approximate surface area is 209 Å². The first-order valence-electron chi connectivity index (χ1n) is 10.9. The zero-order chi connectivity index (χ0) is 26.1. The van der Waals surface area contributed by atoms with Crippen LogP contribution < -0.4 is 29.0 Å². The van der Waals surface area contributed by atoms with Crippen LogP contribution in [-0.4, -0.2) is 41.3 Å². The number of carbonyl (C=O) groups excluding carboxylic acids is 1. The lowest BCUT2D eigenvalue weighted by atomic mass is 10.1. The van der Waals surface area contributed by atoms with Crippen molar-refractivity contribution >= 4 is 23.6 Å². The summed E-state index contributed by atoms with van der Waals surface area (Å²) in [6.45, 7) is 0. The minimum absolute atomic E-state index is 0.0670. The molecule has 0 aromatic heterocycles. The summed E-state index contributed by atoms with van der Waals surface area (Å²) in [4.78, 5) is 12.5. The van der Waals surface area contributed by atoms with Gasteiger partial charge in [0.05, 0.1) is 35.5 Å². The molecule has 0 bridgehead atoms. The molecule has 188 valence electrons. The van der Waals surface area contributed by atoms with Gasteiger partial charge in [-0.3, -0.25) is 4.79 Å². The van der Waals surface area contributed by atoms with Crippen LogP contribution in [0.5, 0.6) is 28.7 Å². The number of rotatable bonds is 11. The van der Waals surface area contributed by atoms with Gasteiger partial charge in [-0.25, -0.2) is 4.39 Å². The summed E-state index contributed by atoms with van der Waals surface area (Å²) in [5.74, 6) is 1.47. The SMILES string of the molecule is COc1ccc(C(=O)/C=C\Nc2cc(OC)c(F)cc2/C=C\c2cc(OC)c(OC)c(OC)c2)cc1. The highest BCUT2D eigenvalue weighted by Crippen LogP contribution is 2.39. The fraction of sp³-hybridized carbons (Fsp3) is 0.179. The monoisotopic (exact) mass is 493 g/mol. The van der Waals surface area contributed by atoms with Crippen LogP contribution in [0.2, 0.25) is 0 Å². The average molecular weight is 494 g/mol. The van der Waals surface area contributed by atoms with Gasteiger partial charge in [-0.05, 0) is 48.0 Å². The van der Waals surface area contributed by atoms with Crippen molar-refractivity contribution in [3.8, 4) is 28.7 Å². The lowest BCUT2D eigenvalue weighted by molar-refractivity contribution is 0.104. The van der Waals surface area contributed by atoms with Crippen LogP contribution >= 0.6 is 0 Å². The number of hydrogen-bond donors (Lipinski definition) is 1. The molecule has 0 aliphatic carbocycles. The number of halogens is 1. The van der Waals surface area contributed by atoms with E-state index in [2.05, 4.69) is 5.32 Å². The molecule has 3 aromatic carbocycles. The molecule has 0 heterocycles. The Balaban J connectivity index is 1.88. The molecule has 1 N–H and O–H groups in total. The van der Waals surface area contributed by atoms with E-state index in [9.17, 15) is 9.18 Å². The van der Waals surface area contributed by atoms with Crippen molar-refractivity contribution in [2.75, 3.05) is 40.9 Å². The van der Waals surface area contributed by atoms with Crippen molar-refractivity contribution in [2.45, 2.75) is 0 Å². The van der Waals surface area contributed by atoms with Crippen molar-refractivity contribution in [3.05, 3.63) is 83.3 Å². The van der Waals surface area contributed by atoms with Crippen LogP contribution in [0.4, 0.5) is 10.1 Å². The quantitative estimate of drug-likeness (QED) is 0.204. The van der Waals surface area contributed by atoms with E-state index < -0.39 is 5.82 Å². The highest BCUT2D eigenvalue weighted by molar-refractivity contribution is 6.04. The van der Waals surface area contributed by atoms with E-state index in [1.807, 2.05) is 0 Å².